The molecule has 0 aromatic heterocycles. The van der Waals surface area contributed by atoms with Gasteiger partial charge >= 0.3 is 6.18 Å². The lowest BCUT2D eigenvalue weighted by molar-refractivity contribution is -0.131. The van der Waals surface area contributed by atoms with Crippen LogP contribution in [0.4, 0.5) is 23.2 Å². The fourth-order valence-electron chi connectivity index (χ4n) is 0.972. The molecule has 0 spiro atoms. The van der Waals surface area contributed by atoms with Gasteiger partial charge in [-0.05, 0) is 18.2 Å². The van der Waals surface area contributed by atoms with Crippen LogP contribution in [-0.2, 0) is 0 Å². The molecule has 0 unspecified atom stereocenters. The number of alkyl halides is 3. The van der Waals surface area contributed by atoms with E-state index < -0.39 is 18.4 Å². The maximum absolute atomic E-state index is 13.0. The molecule has 1 aromatic rings. The Morgan fingerprint density at radius 3 is 2.53 bits per heavy atom. The standard InChI is InChI=1S/C9H8ClF4N/c10-6-1-2-7(11)8(5-6)15-4-3-9(12,13)14/h1-2,5,15H,3-4H2. The van der Waals surface area contributed by atoms with Crippen molar-refractivity contribution in [1.82, 2.24) is 0 Å². The molecule has 0 saturated carbocycles. The fraction of sp³-hybridized carbons (Fsp3) is 0.333. The second-order valence-electron chi connectivity index (χ2n) is 2.92. The van der Waals surface area contributed by atoms with Crippen molar-refractivity contribution < 1.29 is 17.6 Å². The van der Waals surface area contributed by atoms with Crippen molar-refractivity contribution in [3.63, 3.8) is 0 Å². The minimum absolute atomic E-state index is 0.0215. The van der Waals surface area contributed by atoms with Crippen LogP contribution >= 0.6 is 11.6 Å². The van der Waals surface area contributed by atoms with Gasteiger partial charge in [0.1, 0.15) is 5.82 Å². The average molecular weight is 242 g/mol. The van der Waals surface area contributed by atoms with Gasteiger partial charge in [-0.1, -0.05) is 11.6 Å². The molecule has 0 bridgehead atoms. The molecule has 0 atom stereocenters. The Kier molecular flexibility index (Phi) is 3.79. The second-order valence-corrected chi connectivity index (χ2v) is 3.35. The molecule has 0 aliphatic heterocycles. The highest BCUT2D eigenvalue weighted by molar-refractivity contribution is 6.30. The summed E-state index contributed by atoms with van der Waals surface area (Å²) >= 11 is 5.56. The van der Waals surface area contributed by atoms with Crippen LogP contribution in [0.2, 0.25) is 5.02 Å². The lowest BCUT2D eigenvalue weighted by Gasteiger charge is -2.09. The molecular weight excluding hydrogens is 234 g/mol. The van der Waals surface area contributed by atoms with E-state index in [0.29, 0.717) is 0 Å². The predicted octanol–water partition coefficient (Wildman–Crippen LogP) is 3.84. The fourth-order valence-corrected chi connectivity index (χ4v) is 1.14. The monoisotopic (exact) mass is 241 g/mol. The molecular formula is C9H8ClF4N. The SMILES string of the molecule is Fc1ccc(Cl)cc1NCCC(F)(F)F. The highest BCUT2D eigenvalue weighted by atomic mass is 35.5. The van der Waals surface area contributed by atoms with Gasteiger partial charge in [0.2, 0.25) is 0 Å². The van der Waals surface area contributed by atoms with Crippen LogP contribution in [0.15, 0.2) is 18.2 Å². The van der Waals surface area contributed by atoms with E-state index >= 15 is 0 Å². The number of anilines is 1. The summed E-state index contributed by atoms with van der Waals surface area (Å²) in [6.45, 7) is -0.374. The smallest absolute Gasteiger partial charge is 0.382 e. The van der Waals surface area contributed by atoms with Crippen LogP contribution < -0.4 is 5.32 Å². The maximum Gasteiger partial charge on any atom is 0.390 e. The van der Waals surface area contributed by atoms with Crippen molar-refractivity contribution >= 4 is 17.3 Å². The minimum atomic E-state index is -4.25. The van der Waals surface area contributed by atoms with Crippen LogP contribution in [0.3, 0.4) is 0 Å². The Hall–Kier alpha value is -0.970. The van der Waals surface area contributed by atoms with Gasteiger partial charge in [0, 0.05) is 11.6 Å². The third-order valence-corrected chi connectivity index (χ3v) is 1.89. The topological polar surface area (TPSA) is 12.0 Å². The molecule has 6 heteroatoms. The first kappa shape index (κ1) is 12.1. The molecule has 15 heavy (non-hydrogen) atoms. The van der Waals surface area contributed by atoms with Crippen molar-refractivity contribution in [3.05, 3.63) is 29.0 Å². The first-order chi connectivity index (χ1) is 6.88. The van der Waals surface area contributed by atoms with Crippen LogP contribution in [0.1, 0.15) is 6.42 Å². The predicted molar refractivity (Wildman–Crippen MR) is 50.6 cm³/mol. The summed E-state index contributed by atoms with van der Waals surface area (Å²) in [6.07, 6.45) is -5.26. The van der Waals surface area contributed by atoms with Crippen molar-refractivity contribution in [2.24, 2.45) is 0 Å². The summed E-state index contributed by atoms with van der Waals surface area (Å²) in [4.78, 5) is 0. The van der Waals surface area contributed by atoms with E-state index in [1.165, 1.54) is 12.1 Å². The third-order valence-electron chi connectivity index (χ3n) is 1.65. The van der Waals surface area contributed by atoms with Gasteiger partial charge in [-0.25, -0.2) is 4.39 Å². The Morgan fingerprint density at radius 1 is 1.27 bits per heavy atom. The maximum atomic E-state index is 13.0. The van der Waals surface area contributed by atoms with Crippen LogP contribution in [0, 0.1) is 5.82 Å². The highest BCUT2D eigenvalue weighted by Gasteiger charge is 2.26. The van der Waals surface area contributed by atoms with Gasteiger partial charge in [-0.2, -0.15) is 13.2 Å². The van der Waals surface area contributed by atoms with E-state index in [2.05, 4.69) is 5.32 Å². The van der Waals surface area contributed by atoms with Crippen LogP contribution in [-0.4, -0.2) is 12.7 Å². The van der Waals surface area contributed by atoms with E-state index in [-0.39, 0.29) is 17.3 Å². The normalized spacial score (nSPS) is 11.5. The Morgan fingerprint density at radius 2 is 1.93 bits per heavy atom. The number of halogens is 5. The van der Waals surface area contributed by atoms with E-state index in [0.717, 1.165) is 6.07 Å². The van der Waals surface area contributed by atoms with E-state index in [9.17, 15) is 17.6 Å². The zero-order valence-electron chi connectivity index (χ0n) is 7.54. The van der Waals surface area contributed by atoms with Crippen LogP contribution in [0.5, 0.6) is 0 Å². The summed E-state index contributed by atoms with van der Waals surface area (Å²) in [6, 6.07) is 3.66. The molecule has 0 radical (unpaired) electrons. The van der Waals surface area contributed by atoms with Crippen LogP contribution in [0.25, 0.3) is 0 Å². The second kappa shape index (κ2) is 4.70. The number of hydrogen-bond acceptors (Lipinski definition) is 1. The number of nitrogens with one attached hydrogen (secondary N) is 1. The summed E-state index contributed by atoms with van der Waals surface area (Å²) in [5.41, 5.74) is -0.0215. The van der Waals surface area contributed by atoms with Crippen molar-refractivity contribution in [2.75, 3.05) is 11.9 Å². The third kappa shape index (κ3) is 4.38. The summed E-state index contributed by atoms with van der Waals surface area (Å²) < 4.78 is 48.3. The molecule has 0 amide bonds. The molecule has 0 heterocycles. The lowest BCUT2D eigenvalue weighted by Crippen LogP contribution is -2.15. The summed E-state index contributed by atoms with van der Waals surface area (Å²) in [5, 5.41) is 2.60. The molecule has 84 valence electrons. The van der Waals surface area contributed by atoms with Gasteiger partial charge in [0.05, 0.1) is 12.1 Å². The van der Waals surface area contributed by atoms with Crippen molar-refractivity contribution in [3.8, 4) is 0 Å². The first-order valence-electron chi connectivity index (χ1n) is 4.14. The quantitative estimate of drug-likeness (QED) is 0.793. The first-order valence-corrected chi connectivity index (χ1v) is 4.52. The number of rotatable bonds is 3. The lowest BCUT2D eigenvalue weighted by atomic mass is 10.3. The van der Waals surface area contributed by atoms with Gasteiger partial charge in [0.15, 0.2) is 0 Å². The summed E-state index contributed by atoms with van der Waals surface area (Å²) in [7, 11) is 0. The molecule has 1 N–H and O–H groups in total. The molecule has 0 aliphatic carbocycles. The number of benzene rings is 1. The Bertz CT molecular complexity index is 337. The van der Waals surface area contributed by atoms with E-state index in [1.54, 1.807) is 0 Å². The molecule has 0 saturated heterocycles. The zero-order chi connectivity index (χ0) is 11.5. The number of hydrogen-bond donors (Lipinski definition) is 1. The van der Waals surface area contributed by atoms with Crippen molar-refractivity contribution in [1.29, 1.82) is 0 Å². The highest BCUT2D eigenvalue weighted by Crippen LogP contribution is 2.22. The minimum Gasteiger partial charge on any atom is -0.382 e. The van der Waals surface area contributed by atoms with Gasteiger partial charge in [-0.3, -0.25) is 0 Å². The summed E-state index contributed by atoms with van der Waals surface area (Å²) in [5.74, 6) is -0.624. The largest absolute Gasteiger partial charge is 0.390 e. The van der Waals surface area contributed by atoms with E-state index in [1.807, 2.05) is 0 Å². The molecule has 1 rings (SSSR count). The molecule has 0 fully saturated rings. The van der Waals surface area contributed by atoms with Gasteiger partial charge < -0.3 is 5.32 Å². The Labute approximate surface area is 89.0 Å². The Balaban J connectivity index is 2.54. The molecule has 1 aromatic carbocycles. The van der Waals surface area contributed by atoms with E-state index in [4.69, 9.17) is 11.6 Å². The average Bonchev–Trinajstić information content (AvgIpc) is 2.09. The van der Waals surface area contributed by atoms with Crippen molar-refractivity contribution in [2.45, 2.75) is 12.6 Å². The van der Waals surface area contributed by atoms with Gasteiger partial charge in [-0.15, -0.1) is 0 Å². The van der Waals surface area contributed by atoms with Gasteiger partial charge in [0.25, 0.3) is 0 Å². The molecule has 0 aliphatic rings. The molecule has 1 nitrogen and oxygen atoms in total. The zero-order valence-corrected chi connectivity index (χ0v) is 8.29.